The molecule has 6 rings (SSSR count). The smallest absolute Gasteiger partial charge is 0.410 e. The van der Waals surface area contributed by atoms with Gasteiger partial charge in [0.1, 0.15) is 17.6 Å². The van der Waals surface area contributed by atoms with Crippen molar-refractivity contribution in [3.05, 3.63) is 72.2 Å². The van der Waals surface area contributed by atoms with Gasteiger partial charge < -0.3 is 14.2 Å². The molecule has 0 aliphatic carbocycles. The molecule has 0 unspecified atom stereocenters. The molecule has 0 saturated carbocycles. The van der Waals surface area contributed by atoms with E-state index in [0.717, 1.165) is 45.3 Å². The van der Waals surface area contributed by atoms with Crippen molar-refractivity contribution in [3.8, 4) is 17.2 Å². The Kier molecular flexibility index (Phi) is 5.07. The first-order valence-electron chi connectivity index (χ1n) is 12.1. The van der Waals surface area contributed by atoms with Crippen LogP contribution in [0.5, 0.6) is 0 Å². The van der Waals surface area contributed by atoms with Crippen LogP contribution in [-0.2, 0) is 24.8 Å². The Labute approximate surface area is 209 Å². The normalized spacial score (nSPS) is 13.8. The molecule has 2 aromatic carbocycles. The van der Waals surface area contributed by atoms with Crippen LogP contribution >= 0.6 is 0 Å². The Bertz CT molecular complexity index is 1620. The number of aryl methyl sites for hydroxylation is 1. The van der Waals surface area contributed by atoms with E-state index in [0.29, 0.717) is 19.0 Å². The van der Waals surface area contributed by atoms with E-state index in [1.807, 2.05) is 67.4 Å². The first kappa shape index (κ1) is 22.3. The number of benzene rings is 2. The average molecular weight is 481 g/mol. The van der Waals surface area contributed by atoms with E-state index in [-0.39, 0.29) is 6.09 Å². The van der Waals surface area contributed by atoms with Gasteiger partial charge in [0.25, 0.3) is 0 Å². The van der Waals surface area contributed by atoms with Crippen LogP contribution in [0.1, 0.15) is 31.9 Å². The van der Waals surface area contributed by atoms with E-state index in [9.17, 15) is 4.79 Å². The molecule has 4 heterocycles. The molecule has 0 spiro atoms. The van der Waals surface area contributed by atoms with Crippen LogP contribution in [0, 0.1) is 0 Å². The maximum atomic E-state index is 12.6. The number of aromatic nitrogens is 5. The highest BCUT2D eigenvalue weighted by atomic mass is 16.6. The third-order valence-corrected chi connectivity index (χ3v) is 6.53. The number of para-hydroxylation sites is 2. The number of hydrogen-bond donors (Lipinski definition) is 0. The summed E-state index contributed by atoms with van der Waals surface area (Å²) >= 11 is 0. The lowest BCUT2D eigenvalue weighted by Crippen LogP contribution is -2.39. The predicted octanol–water partition coefficient (Wildman–Crippen LogP) is 5.27. The van der Waals surface area contributed by atoms with Crippen LogP contribution in [0.15, 0.2) is 61.1 Å². The highest BCUT2D eigenvalue weighted by Crippen LogP contribution is 2.31. The Morgan fingerprint density at radius 2 is 1.86 bits per heavy atom. The largest absolute Gasteiger partial charge is 0.444 e. The molecule has 0 fully saturated rings. The van der Waals surface area contributed by atoms with Crippen molar-refractivity contribution in [1.82, 2.24) is 29.0 Å². The second-order valence-corrected chi connectivity index (χ2v) is 10.3. The van der Waals surface area contributed by atoms with Crippen LogP contribution in [-0.4, -0.2) is 47.2 Å². The van der Waals surface area contributed by atoms with E-state index in [1.165, 1.54) is 5.56 Å². The van der Waals surface area contributed by atoms with Crippen molar-refractivity contribution in [2.75, 3.05) is 6.54 Å². The standard InChI is InChI=1S/C28H28N6O2/c1-28(2,3)36-27(35)33-14-11-18-15-19(9-10-20(18)16-33)24-21-12-13-32(4)25(21)31-26(30-24)34-17-29-22-7-5-6-8-23(22)34/h5-10,12-13,15,17H,11,14,16H2,1-4H3. The van der Waals surface area contributed by atoms with Crippen molar-refractivity contribution >= 4 is 28.2 Å². The Morgan fingerprint density at radius 1 is 1.03 bits per heavy atom. The molecule has 0 radical (unpaired) electrons. The van der Waals surface area contributed by atoms with Gasteiger partial charge in [-0.05, 0) is 62.6 Å². The summed E-state index contributed by atoms with van der Waals surface area (Å²) in [6.07, 6.45) is 4.29. The van der Waals surface area contributed by atoms with Crippen molar-refractivity contribution < 1.29 is 9.53 Å². The lowest BCUT2D eigenvalue weighted by Gasteiger charge is -2.31. The summed E-state index contributed by atoms with van der Waals surface area (Å²) in [5.41, 5.74) is 6.49. The molecule has 36 heavy (non-hydrogen) atoms. The Morgan fingerprint density at radius 3 is 2.69 bits per heavy atom. The molecule has 0 atom stereocenters. The average Bonchev–Trinajstić information content (AvgIpc) is 3.45. The van der Waals surface area contributed by atoms with Gasteiger partial charge in [-0.25, -0.2) is 14.8 Å². The zero-order valence-corrected chi connectivity index (χ0v) is 20.9. The molecule has 182 valence electrons. The third-order valence-electron chi connectivity index (χ3n) is 6.53. The molecule has 3 aromatic heterocycles. The number of rotatable bonds is 2. The number of fused-ring (bicyclic) bond motifs is 3. The minimum Gasteiger partial charge on any atom is -0.444 e. The molecule has 8 heteroatoms. The maximum absolute atomic E-state index is 12.6. The van der Waals surface area contributed by atoms with Gasteiger partial charge in [0.05, 0.1) is 16.7 Å². The topological polar surface area (TPSA) is 78.1 Å². The van der Waals surface area contributed by atoms with Crippen LogP contribution in [0.3, 0.4) is 0 Å². The van der Waals surface area contributed by atoms with Crippen LogP contribution in [0.25, 0.3) is 39.3 Å². The Hall–Kier alpha value is -4.20. The lowest BCUT2D eigenvalue weighted by molar-refractivity contribution is 0.0224. The van der Waals surface area contributed by atoms with E-state index in [2.05, 4.69) is 29.2 Å². The van der Waals surface area contributed by atoms with Crippen LogP contribution in [0.2, 0.25) is 0 Å². The third kappa shape index (κ3) is 3.88. The van der Waals surface area contributed by atoms with Gasteiger partial charge in [-0.3, -0.25) is 4.57 Å². The number of hydrogen-bond acceptors (Lipinski definition) is 5. The summed E-state index contributed by atoms with van der Waals surface area (Å²) in [7, 11) is 1.99. The van der Waals surface area contributed by atoms with E-state index >= 15 is 0 Å². The summed E-state index contributed by atoms with van der Waals surface area (Å²) < 4.78 is 9.52. The van der Waals surface area contributed by atoms with Crippen molar-refractivity contribution in [2.24, 2.45) is 7.05 Å². The molecule has 1 amide bonds. The molecular formula is C28H28N6O2. The van der Waals surface area contributed by atoms with E-state index in [4.69, 9.17) is 14.7 Å². The summed E-state index contributed by atoms with van der Waals surface area (Å²) in [6, 6.07) is 16.4. The second-order valence-electron chi connectivity index (χ2n) is 10.3. The lowest BCUT2D eigenvalue weighted by atomic mass is 9.96. The van der Waals surface area contributed by atoms with Gasteiger partial charge in [-0.15, -0.1) is 0 Å². The fourth-order valence-electron chi connectivity index (χ4n) is 4.75. The number of amides is 1. The number of ether oxygens (including phenoxy) is 1. The zero-order chi connectivity index (χ0) is 25.0. The fourth-order valence-corrected chi connectivity index (χ4v) is 4.75. The van der Waals surface area contributed by atoms with Crippen molar-refractivity contribution in [1.29, 1.82) is 0 Å². The quantitative estimate of drug-likeness (QED) is 0.344. The first-order chi connectivity index (χ1) is 17.3. The monoisotopic (exact) mass is 480 g/mol. The summed E-state index contributed by atoms with van der Waals surface area (Å²) in [5, 5.41) is 0.997. The highest BCUT2D eigenvalue weighted by molar-refractivity contribution is 5.92. The highest BCUT2D eigenvalue weighted by Gasteiger charge is 2.26. The van der Waals surface area contributed by atoms with Crippen molar-refractivity contribution in [3.63, 3.8) is 0 Å². The van der Waals surface area contributed by atoms with Crippen molar-refractivity contribution in [2.45, 2.75) is 39.3 Å². The van der Waals surface area contributed by atoms with E-state index in [1.54, 1.807) is 11.2 Å². The van der Waals surface area contributed by atoms with E-state index < -0.39 is 5.60 Å². The maximum Gasteiger partial charge on any atom is 0.410 e. The SMILES string of the molecule is Cn1ccc2c(-c3ccc4c(c3)CCN(C(=O)OC(C)(C)C)C4)nc(-n3cnc4ccccc43)nc21. The number of carbonyl (C=O) groups is 1. The molecule has 0 saturated heterocycles. The zero-order valence-electron chi connectivity index (χ0n) is 20.9. The Balaban J connectivity index is 1.40. The van der Waals surface area contributed by atoms with Gasteiger partial charge in [0, 0.05) is 37.3 Å². The summed E-state index contributed by atoms with van der Waals surface area (Å²) in [5.74, 6) is 0.585. The van der Waals surface area contributed by atoms with Gasteiger partial charge in [0.2, 0.25) is 5.95 Å². The minimum atomic E-state index is -0.506. The number of carbonyl (C=O) groups excluding carboxylic acids is 1. The van der Waals surface area contributed by atoms with Gasteiger partial charge in [-0.1, -0.05) is 24.3 Å². The molecular weight excluding hydrogens is 452 g/mol. The molecule has 0 N–H and O–H groups in total. The number of nitrogens with zero attached hydrogens (tertiary/aromatic N) is 6. The van der Waals surface area contributed by atoms with Gasteiger partial charge >= 0.3 is 6.09 Å². The second kappa shape index (κ2) is 8.19. The molecule has 8 nitrogen and oxygen atoms in total. The van der Waals surface area contributed by atoms with Gasteiger partial charge in [-0.2, -0.15) is 4.98 Å². The molecule has 1 aliphatic rings. The molecule has 0 bridgehead atoms. The fraction of sp³-hybridized carbons (Fsp3) is 0.286. The predicted molar refractivity (Wildman–Crippen MR) is 139 cm³/mol. The molecule has 1 aliphatic heterocycles. The minimum absolute atomic E-state index is 0.267. The number of imidazole rings is 1. The summed E-state index contributed by atoms with van der Waals surface area (Å²) in [4.78, 5) is 28.8. The van der Waals surface area contributed by atoms with Gasteiger partial charge in [0.15, 0.2) is 0 Å². The summed E-state index contributed by atoms with van der Waals surface area (Å²) in [6.45, 7) is 6.84. The first-order valence-corrected chi connectivity index (χ1v) is 12.1. The van der Waals surface area contributed by atoms with Crippen LogP contribution < -0.4 is 0 Å². The molecule has 5 aromatic rings. The van der Waals surface area contributed by atoms with Crippen LogP contribution in [0.4, 0.5) is 4.79 Å².